The molecule has 288 valence electrons. The molecular formula is C37H63NO12. The highest BCUT2D eigenvalue weighted by Gasteiger charge is 2.69. The molecule has 0 bridgehead atoms. The van der Waals surface area contributed by atoms with Crippen LogP contribution >= 0.6 is 0 Å². The van der Waals surface area contributed by atoms with E-state index in [0.717, 1.165) is 32.1 Å². The summed E-state index contributed by atoms with van der Waals surface area (Å²) in [6, 6.07) is 0.0155. The quantitative estimate of drug-likeness (QED) is 0.147. The van der Waals surface area contributed by atoms with E-state index in [9.17, 15) is 45.6 Å². The van der Waals surface area contributed by atoms with Crippen molar-refractivity contribution in [2.45, 2.75) is 146 Å². The third-order valence-electron chi connectivity index (χ3n) is 15.5. The first-order valence-corrected chi connectivity index (χ1v) is 19.1. The smallest absolute Gasteiger partial charge is 0.305 e. The molecule has 6 aliphatic rings. The van der Waals surface area contributed by atoms with Crippen molar-refractivity contribution >= 4 is 5.97 Å². The van der Waals surface area contributed by atoms with Gasteiger partial charge in [0, 0.05) is 12.5 Å². The molecule has 0 aromatic carbocycles. The Bertz CT molecular complexity index is 1190. The number of esters is 1. The molecule has 2 aliphatic heterocycles. The van der Waals surface area contributed by atoms with Crippen LogP contribution in [-0.2, 0) is 19.0 Å². The van der Waals surface area contributed by atoms with Gasteiger partial charge in [-0.2, -0.15) is 0 Å². The summed E-state index contributed by atoms with van der Waals surface area (Å²) in [5.41, 5.74) is 5.93. The van der Waals surface area contributed by atoms with E-state index in [2.05, 4.69) is 20.8 Å². The summed E-state index contributed by atoms with van der Waals surface area (Å²) < 4.78 is 17.7. The molecule has 4 saturated carbocycles. The fourth-order valence-corrected chi connectivity index (χ4v) is 12.8. The predicted octanol–water partition coefficient (Wildman–Crippen LogP) is -0.301. The molecule has 0 amide bonds. The molecule has 50 heavy (non-hydrogen) atoms. The van der Waals surface area contributed by atoms with Gasteiger partial charge in [-0.05, 0) is 110 Å². The minimum Gasteiger partial charge on any atom is -0.469 e. The number of methoxy groups -OCH3 is 1. The van der Waals surface area contributed by atoms with Gasteiger partial charge in [0.1, 0.15) is 48.8 Å². The van der Waals surface area contributed by atoms with E-state index < -0.39 is 79.7 Å². The second-order valence-corrected chi connectivity index (χ2v) is 17.5. The zero-order valence-corrected chi connectivity index (χ0v) is 30.0. The first kappa shape index (κ1) is 38.7. The van der Waals surface area contributed by atoms with Crippen molar-refractivity contribution in [3.05, 3.63) is 0 Å². The van der Waals surface area contributed by atoms with Crippen LogP contribution in [0.1, 0.15) is 78.6 Å². The van der Waals surface area contributed by atoms with Gasteiger partial charge in [0.2, 0.25) is 0 Å². The highest BCUT2D eigenvalue weighted by atomic mass is 16.6. The van der Waals surface area contributed by atoms with Crippen molar-refractivity contribution in [2.75, 3.05) is 20.3 Å². The van der Waals surface area contributed by atoms with Crippen LogP contribution in [0.25, 0.3) is 0 Å². The highest BCUT2D eigenvalue weighted by molar-refractivity contribution is 5.69. The number of aliphatic hydroxyl groups is 8. The lowest BCUT2D eigenvalue weighted by molar-refractivity contribution is -0.287. The predicted molar refractivity (Wildman–Crippen MR) is 179 cm³/mol. The van der Waals surface area contributed by atoms with Crippen LogP contribution in [0.4, 0.5) is 0 Å². The number of ether oxygens (including phenoxy) is 3. The van der Waals surface area contributed by atoms with E-state index in [0.29, 0.717) is 19.3 Å². The van der Waals surface area contributed by atoms with E-state index in [-0.39, 0.29) is 71.2 Å². The van der Waals surface area contributed by atoms with Crippen molar-refractivity contribution in [1.29, 1.82) is 0 Å². The summed E-state index contributed by atoms with van der Waals surface area (Å²) in [5, 5.41) is 87.0. The van der Waals surface area contributed by atoms with E-state index >= 15 is 0 Å². The third kappa shape index (κ3) is 6.18. The Morgan fingerprint density at radius 3 is 2.00 bits per heavy atom. The van der Waals surface area contributed by atoms with E-state index in [1.54, 1.807) is 0 Å². The SMILES string of the molecule is COC(=O)CC[C@@H](C)[C@H]1CC[C@H]2[C@@H]3[C@@H](C4O[C@H](CO)[C@@H](O)[C@H](O)[C@H]4O)C[C@@H]4C[C@@H](N)CC[C@]4(C)[C@H]3C[C@@H]([C@@H]3O[C@H](CO)[C@@H](O)[C@H](O)[C@H]3O)[C@]12C. The van der Waals surface area contributed by atoms with Crippen LogP contribution in [0, 0.1) is 58.2 Å². The summed E-state index contributed by atoms with van der Waals surface area (Å²) in [4.78, 5) is 12.3. The molecule has 13 nitrogen and oxygen atoms in total. The molecule has 0 aromatic heterocycles. The van der Waals surface area contributed by atoms with Gasteiger partial charge in [-0.3, -0.25) is 4.79 Å². The van der Waals surface area contributed by atoms with E-state index in [1.165, 1.54) is 7.11 Å². The summed E-state index contributed by atoms with van der Waals surface area (Å²) >= 11 is 0. The van der Waals surface area contributed by atoms with Crippen molar-refractivity contribution in [3.8, 4) is 0 Å². The van der Waals surface area contributed by atoms with Gasteiger partial charge >= 0.3 is 5.97 Å². The first-order chi connectivity index (χ1) is 23.6. The average Bonchev–Trinajstić information content (AvgIpc) is 3.46. The van der Waals surface area contributed by atoms with Gasteiger partial charge in [0.15, 0.2) is 0 Å². The Morgan fingerprint density at radius 2 is 1.40 bits per heavy atom. The second-order valence-electron chi connectivity index (χ2n) is 17.5. The molecule has 2 saturated heterocycles. The van der Waals surface area contributed by atoms with Gasteiger partial charge in [-0.1, -0.05) is 20.8 Å². The molecule has 6 rings (SSSR count). The summed E-state index contributed by atoms with van der Waals surface area (Å²) in [6.45, 7) is 5.70. The Hall–Kier alpha value is -0.970. The minimum atomic E-state index is -1.51. The van der Waals surface area contributed by atoms with Crippen molar-refractivity contribution in [3.63, 3.8) is 0 Å². The molecule has 13 heteroatoms. The molecule has 1 unspecified atom stereocenters. The molecule has 2 heterocycles. The Kier molecular flexibility index (Phi) is 11.4. The summed E-state index contributed by atoms with van der Waals surface area (Å²) in [5.74, 6) is -0.421. The maximum atomic E-state index is 12.3. The number of hydrogen-bond acceptors (Lipinski definition) is 13. The average molecular weight is 714 g/mol. The molecule has 10 N–H and O–H groups in total. The van der Waals surface area contributed by atoms with E-state index in [4.69, 9.17) is 19.9 Å². The number of hydrogen-bond donors (Lipinski definition) is 9. The number of aliphatic hydroxyl groups excluding tert-OH is 8. The van der Waals surface area contributed by atoms with Crippen LogP contribution in [0.5, 0.6) is 0 Å². The van der Waals surface area contributed by atoms with Gasteiger partial charge in [0.25, 0.3) is 0 Å². The zero-order valence-electron chi connectivity index (χ0n) is 30.0. The van der Waals surface area contributed by atoms with Crippen molar-refractivity contribution in [2.24, 2.45) is 63.9 Å². The first-order valence-electron chi connectivity index (χ1n) is 19.1. The normalized spacial score (nSPS) is 54.3. The largest absolute Gasteiger partial charge is 0.469 e. The van der Waals surface area contributed by atoms with Gasteiger partial charge < -0.3 is 60.8 Å². The number of carbonyl (C=O) groups is 1. The maximum absolute atomic E-state index is 12.3. The van der Waals surface area contributed by atoms with Crippen LogP contribution in [0.3, 0.4) is 0 Å². The van der Waals surface area contributed by atoms with Crippen molar-refractivity contribution in [1.82, 2.24) is 0 Å². The summed E-state index contributed by atoms with van der Waals surface area (Å²) in [7, 11) is 1.38. The second kappa shape index (κ2) is 14.7. The Morgan fingerprint density at radius 1 is 0.800 bits per heavy atom. The minimum absolute atomic E-state index is 0.00375. The van der Waals surface area contributed by atoms with Gasteiger partial charge in [-0.25, -0.2) is 0 Å². The molecule has 4 aliphatic carbocycles. The fraction of sp³-hybridized carbons (Fsp3) is 0.973. The van der Waals surface area contributed by atoms with Crippen LogP contribution in [-0.4, -0.2) is 134 Å². The molecule has 0 spiro atoms. The van der Waals surface area contributed by atoms with Gasteiger partial charge in [-0.15, -0.1) is 0 Å². The van der Waals surface area contributed by atoms with Crippen LogP contribution in [0.2, 0.25) is 0 Å². The van der Waals surface area contributed by atoms with E-state index in [1.807, 2.05) is 0 Å². The van der Waals surface area contributed by atoms with Crippen LogP contribution < -0.4 is 5.73 Å². The lowest BCUT2D eigenvalue weighted by atomic mass is 9.39. The van der Waals surface area contributed by atoms with Crippen molar-refractivity contribution < 1.29 is 59.9 Å². The number of carbonyl (C=O) groups excluding carboxylic acids is 1. The standard InChI is InChI=1S/C37H63NO12/c1-16(5-8-26(41)48-4)20-6-7-21-27-19(34-32(46)30(44)28(42)24(14-39)49-34)12-17-11-18(38)9-10-36(17,2)22(27)13-23(37(20,21)3)35-33(47)31(45)29(43)25(15-40)50-35/h16-25,27-35,39-40,42-47H,5-15,38H2,1-4H3/t16-,17+,18+,19+,20-,21+,22+,23+,24-,25-,27+,28-,29-,30+,31+,32-,33-,34?,35+,36+,37-/m1/s1. The monoisotopic (exact) mass is 713 g/mol. The number of nitrogens with two attached hydrogens (primary N) is 1. The third-order valence-corrected chi connectivity index (χ3v) is 15.5. The molecule has 6 fully saturated rings. The maximum Gasteiger partial charge on any atom is 0.305 e. The Balaban J connectivity index is 1.46. The zero-order chi connectivity index (χ0) is 36.4. The molecule has 0 aromatic rings. The lowest BCUT2D eigenvalue weighted by Crippen LogP contribution is -2.69. The fourth-order valence-electron chi connectivity index (χ4n) is 12.8. The highest BCUT2D eigenvalue weighted by Crippen LogP contribution is 2.72. The molecule has 21 atom stereocenters. The summed E-state index contributed by atoms with van der Waals surface area (Å²) in [6.07, 6.45) is -6.11. The number of rotatable bonds is 8. The molecule has 0 radical (unpaired) electrons. The Labute approximate surface area is 295 Å². The topological polar surface area (TPSA) is 233 Å². The lowest BCUT2D eigenvalue weighted by Gasteiger charge is -2.67. The molecular weight excluding hydrogens is 650 g/mol. The van der Waals surface area contributed by atoms with Crippen LogP contribution in [0.15, 0.2) is 0 Å². The van der Waals surface area contributed by atoms with Gasteiger partial charge in [0.05, 0.1) is 32.5 Å². The number of fused-ring (bicyclic) bond motifs is 5.